The minimum atomic E-state index is 0.00708. The number of aromatic nitrogens is 1. The third-order valence-electron chi connectivity index (χ3n) is 4.89. The number of benzene rings is 2. The third-order valence-corrected chi connectivity index (χ3v) is 4.89. The minimum Gasteiger partial charge on any atom is -0.457 e. The van der Waals surface area contributed by atoms with Gasteiger partial charge in [0.15, 0.2) is 0 Å². The molecule has 0 aliphatic carbocycles. The summed E-state index contributed by atoms with van der Waals surface area (Å²) in [4.78, 5) is 18.7. The number of hydrogen-bond acceptors (Lipinski definition) is 5. The van der Waals surface area contributed by atoms with Crippen LogP contribution in [0.25, 0.3) is 0 Å². The van der Waals surface area contributed by atoms with E-state index in [9.17, 15) is 4.79 Å². The van der Waals surface area contributed by atoms with Gasteiger partial charge in [0.05, 0.1) is 6.20 Å². The highest BCUT2D eigenvalue weighted by molar-refractivity contribution is 5.93. The minimum absolute atomic E-state index is 0.00708. The zero-order chi connectivity index (χ0) is 18.5. The zero-order valence-corrected chi connectivity index (χ0v) is 15.1. The molecule has 0 spiro atoms. The summed E-state index contributed by atoms with van der Waals surface area (Å²) in [7, 11) is 0. The highest BCUT2D eigenvalue weighted by Crippen LogP contribution is 2.25. The topological polar surface area (TPSA) is 55.6 Å². The quantitative estimate of drug-likeness (QED) is 0.602. The summed E-state index contributed by atoms with van der Waals surface area (Å²) < 4.78 is 11.1. The molecule has 1 saturated heterocycles. The number of nitrogens with zero attached hydrogens (tertiary/aromatic N) is 2. The Labute approximate surface area is 158 Å². The van der Waals surface area contributed by atoms with E-state index in [-0.39, 0.29) is 17.6 Å². The van der Waals surface area contributed by atoms with Gasteiger partial charge in [0.2, 0.25) is 5.78 Å². The summed E-state index contributed by atoms with van der Waals surface area (Å²) in [5, 5.41) is 0. The van der Waals surface area contributed by atoms with E-state index < -0.39 is 0 Å². The summed E-state index contributed by atoms with van der Waals surface area (Å²) >= 11 is 0. The zero-order valence-electron chi connectivity index (χ0n) is 15.1. The first-order chi connectivity index (χ1) is 13.3. The maximum Gasteiger partial charge on any atom is 0.263 e. The lowest BCUT2D eigenvalue weighted by Gasteiger charge is -2.30. The predicted molar refractivity (Wildman–Crippen MR) is 102 cm³/mol. The molecular formula is C22H22N2O3. The van der Waals surface area contributed by atoms with E-state index in [1.165, 1.54) is 18.0 Å². The first kappa shape index (κ1) is 17.5. The van der Waals surface area contributed by atoms with Crippen molar-refractivity contribution in [2.24, 2.45) is 5.92 Å². The van der Waals surface area contributed by atoms with E-state index in [1.807, 2.05) is 42.5 Å². The summed E-state index contributed by atoms with van der Waals surface area (Å²) in [6, 6.07) is 18.0. The maximum absolute atomic E-state index is 12.4. The van der Waals surface area contributed by atoms with Crippen LogP contribution in [0, 0.1) is 5.92 Å². The Morgan fingerprint density at radius 2 is 1.85 bits per heavy atom. The molecule has 3 aromatic rings. The van der Waals surface area contributed by atoms with E-state index >= 15 is 0 Å². The number of ether oxygens (including phenoxy) is 1. The van der Waals surface area contributed by atoms with Gasteiger partial charge in [-0.1, -0.05) is 30.3 Å². The normalized spacial score (nSPS) is 15.6. The fraction of sp³-hybridized carbons (Fsp3) is 0.273. The second-order valence-corrected chi connectivity index (χ2v) is 6.81. The van der Waals surface area contributed by atoms with Crippen LogP contribution in [0.4, 0.5) is 0 Å². The number of hydrogen-bond donors (Lipinski definition) is 0. The Balaban J connectivity index is 1.32. The van der Waals surface area contributed by atoms with E-state index in [0.29, 0.717) is 0 Å². The van der Waals surface area contributed by atoms with Gasteiger partial charge in [-0.2, -0.15) is 0 Å². The molecule has 4 rings (SSSR count). The molecule has 1 fully saturated rings. The van der Waals surface area contributed by atoms with Crippen molar-refractivity contribution in [3.05, 3.63) is 78.5 Å². The van der Waals surface area contributed by atoms with Gasteiger partial charge in [-0.25, -0.2) is 4.98 Å². The van der Waals surface area contributed by atoms with Crippen molar-refractivity contribution in [1.29, 1.82) is 0 Å². The highest BCUT2D eigenvalue weighted by atomic mass is 16.5. The maximum atomic E-state index is 12.4. The van der Waals surface area contributed by atoms with Crippen LogP contribution in [-0.2, 0) is 6.54 Å². The van der Waals surface area contributed by atoms with E-state index in [1.54, 1.807) is 0 Å². The second-order valence-electron chi connectivity index (χ2n) is 6.81. The number of piperidine rings is 1. The number of para-hydroxylation sites is 1. The molecule has 0 radical (unpaired) electrons. The fourth-order valence-electron chi connectivity index (χ4n) is 3.46. The highest BCUT2D eigenvalue weighted by Gasteiger charge is 2.28. The van der Waals surface area contributed by atoms with E-state index in [2.05, 4.69) is 22.0 Å². The molecule has 0 unspecified atom stereocenters. The van der Waals surface area contributed by atoms with Gasteiger partial charge in [0.25, 0.3) is 5.89 Å². The molecule has 27 heavy (non-hydrogen) atoms. The van der Waals surface area contributed by atoms with Crippen LogP contribution in [0.3, 0.4) is 0 Å². The molecule has 5 heteroatoms. The number of carbonyl (C=O) groups is 1. The lowest BCUT2D eigenvalue weighted by atomic mass is 9.92. The number of Topliss-reactive ketones (excluding diaryl/α,β-unsaturated/α-hetero) is 1. The number of likely N-dealkylation sites (tertiary alicyclic amines) is 1. The monoisotopic (exact) mass is 362 g/mol. The molecule has 0 atom stereocenters. The first-order valence-electron chi connectivity index (χ1n) is 9.26. The van der Waals surface area contributed by atoms with Crippen molar-refractivity contribution in [3.63, 3.8) is 0 Å². The van der Waals surface area contributed by atoms with Gasteiger partial charge in [-0.05, 0) is 55.8 Å². The van der Waals surface area contributed by atoms with Gasteiger partial charge in [-0.15, -0.1) is 0 Å². The van der Waals surface area contributed by atoms with Crippen LogP contribution in [0.1, 0.15) is 29.1 Å². The summed E-state index contributed by atoms with van der Waals surface area (Å²) in [6.45, 7) is 2.63. The van der Waals surface area contributed by atoms with E-state index in [0.717, 1.165) is 44.0 Å². The number of carbonyl (C=O) groups excluding carboxylic acids is 1. The second kappa shape index (κ2) is 8.18. The summed E-state index contributed by atoms with van der Waals surface area (Å²) in [6.07, 6.45) is 4.64. The molecule has 5 nitrogen and oxygen atoms in total. The molecule has 1 aliphatic heterocycles. The first-order valence-corrected chi connectivity index (χ1v) is 9.26. The van der Waals surface area contributed by atoms with Crippen LogP contribution in [0.2, 0.25) is 0 Å². The van der Waals surface area contributed by atoms with Gasteiger partial charge >= 0.3 is 0 Å². The molecule has 138 valence electrons. The summed E-state index contributed by atoms with van der Waals surface area (Å²) in [5.74, 6) is 1.94. The van der Waals surface area contributed by atoms with E-state index in [4.69, 9.17) is 9.15 Å². The Morgan fingerprint density at radius 1 is 1.07 bits per heavy atom. The SMILES string of the molecule is O=C(c1ncco1)C1CCN(Cc2cccc(Oc3ccccc3)c2)CC1. The molecule has 2 aromatic carbocycles. The summed E-state index contributed by atoms with van der Waals surface area (Å²) in [5.41, 5.74) is 1.21. The molecule has 1 aliphatic rings. The molecule has 2 heterocycles. The average Bonchev–Trinajstić information content (AvgIpc) is 3.24. The third kappa shape index (κ3) is 4.44. The predicted octanol–water partition coefficient (Wildman–Crippen LogP) is 4.56. The van der Waals surface area contributed by atoms with Crippen molar-refractivity contribution in [2.45, 2.75) is 19.4 Å². The molecule has 0 saturated carbocycles. The molecule has 0 N–H and O–H groups in total. The van der Waals surface area contributed by atoms with Crippen molar-refractivity contribution in [3.8, 4) is 11.5 Å². The molecular weight excluding hydrogens is 340 g/mol. The van der Waals surface area contributed by atoms with Crippen molar-refractivity contribution >= 4 is 5.78 Å². The largest absolute Gasteiger partial charge is 0.457 e. The standard InChI is InChI=1S/C22H22N2O3/c25-21(22-23-11-14-26-22)18-9-12-24(13-10-18)16-17-5-4-8-20(15-17)27-19-6-2-1-3-7-19/h1-8,11,14-15,18H,9-10,12-13,16H2. The van der Waals surface area contributed by atoms with Crippen molar-refractivity contribution in [1.82, 2.24) is 9.88 Å². The van der Waals surface area contributed by atoms with Crippen LogP contribution >= 0.6 is 0 Å². The lowest BCUT2D eigenvalue weighted by Crippen LogP contribution is -2.36. The Bertz CT molecular complexity index is 870. The number of ketones is 1. The van der Waals surface area contributed by atoms with Crippen LogP contribution in [-0.4, -0.2) is 28.8 Å². The van der Waals surface area contributed by atoms with Crippen LogP contribution < -0.4 is 4.74 Å². The Kier molecular flexibility index (Phi) is 5.30. The van der Waals surface area contributed by atoms with Crippen molar-refractivity contribution in [2.75, 3.05) is 13.1 Å². The molecule has 0 amide bonds. The Hall–Kier alpha value is -2.92. The number of rotatable bonds is 6. The van der Waals surface area contributed by atoms with Gasteiger partial charge in [0, 0.05) is 12.5 Å². The van der Waals surface area contributed by atoms with Gasteiger partial charge in [-0.3, -0.25) is 9.69 Å². The van der Waals surface area contributed by atoms with Gasteiger partial charge in [0.1, 0.15) is 17.8 Å². The Morgan fingerprint density at radius 3 is 2.59 bits per heavy atom. The smallest absolute Gasteiger partial charge is 0.263 e. The van der Waals surface area contributed by atoms with Crippen LogP contribution in [0.15, 0.2) is 71.5 Å². The molecule has 1 aromatic heterocycles. The average molecular weight is 362 g/mol. The van der Waals surface area contributed by atoms with Crippen LogP contribution in [0.5, 0.6) is 11.5 Å². The fourth-order valence-corrected chi connectivity index (χ4v) is 3.46. The van der Waals surface area contributed by atoms with Crippen molar-refractivity contribution < 1.29 is 13.9 Å². The van der Waals surface area contributed by atoms with Gasteiger partial charge < -0.3 is 9.15 Å². The number of oxazole rings is 1. The lowest BCUT2D eigenvalue weighted by molar-refractivity contribution is 0.0799. The molecule has 0 bridgehead atoms.